The Kier molecular flexibility index (Phi) is 7.15. The molecule has 0 fully saturated rings. The maximum atomic E-state index is 12.2. The number of carbonyl (C=O) groups excluding carboxylic acids is 2. The number of nitrogens with one attached hydrogen (secondary N) is 1. The van der Waals surface area contributed by atoms with E-state index in [1.807, 2.05) is 24.3 Å². The van der Waals surface area contributed by atoms with Crippen molar-refractivity contribution in [3.63, 3.8) is 0 Å². The maximum Gasteiger partial charge on any atom is 0.350 e. The lowest BCUT2D eigenvalue weighted by molar-refractivity contribution is -0.124. The molecule has 0 aliphatic carbocycles. The van der Waals surface area contributed by atoms with Crippen LogP contribution in [0.2, 0.25) is 0 Å². The highest BCUT2D eigenvalue weighted by atomic mass is 32.1. The van der Waals surface area contributed by atoms with Gasteiger partial charge < -0.3 is 14.8 Å². The van der Waals surface area contributed by atoms with Crippen molar-refractivity contribution in [3.05, 3.63) is 34.8 Å². The predicted octanol–water partition coefficient (Wildman–Crippen LogP) is 3.45. The average molecular weight is 376 g/mol. The van der Waals surface area contributed by atoms with E-state index in [0.29, 0.717) is 23.0 Å². The molecule has 7 heteroatoms. The fourth-order valence-electron chi connectivity index (χ4n) is 2.19. The Bertz CT molecular complexity index is 753. The third-order valence-electron chi connectivity index (χ3n) is 3.70. The highest BCUT2D eigenvalue weighted by molar-refractivity contribution is 7.17. The molecule has 0 radical (unpaired) electrons. The number of hydrogen-bond acceptors (Lipinski definition) is 6. The molecule has 2 rings (SSSR count). The number of aryl methyl sites for hydroxylation is 1. The Morgan fingerprint density at radius 3 is 2.54 bits per heavy atom. The van der Waals surface area contributed by atoms with Gasteiger partial charge in [-0.05, 0) is 43.5 Å². The lowest BCUT2D eigenvalue weighted by atomic mass is 10.1. The minimum absolute atomic E-state index is 0.286. The van der Waals surface area contributed by atoms with E-state index in [1.165, 1.54) is 11.3 Å². The van der Waals surface area contributed by atoms with Gasteiger partial charge in [0, 0.05) is 12.1 Å². The molecule has 1 heterocycles. The first-order valence-electron chi connectivity index (χ1n) is 8.46. The van der Waals surface area contributed by atoms with Crippen molar-refractivity contribution >= 4 is 23.2 Å². The zero-order valence-electron chi connectivity index (χ0n) is 15.5. The van der Waals surface area contributed by atoms with Gasteiger partial charge >= 0.3 is 5.97 Å². The third kappa shape index (κ3) is 5.56. The second-order valence-corrected chi connectivity index (χ2v) is 7.27. The molecule has 1 aromatic heterocycles. The van der Waals surface area contributed by atoms with Gasteiger partial charge in [0.15, 0.2) is 6.61 Å². The number of carbonyl (C=O) groups is 2. The molecular formula is C19H24N2O4S. The molecule has 26 heavy (non-hydrogen) atoms. The van der Waals surface area contributed by atoms with Crippen LogP contribution in [0, 0.1) is 12.8 Å². The highest BCUT2D eigenvalue weighted by Gasteiger charge is 2.18. The van der Waals surface area contributed by atoms with E-state index in [1.54, 1.807) is 14.0 Å². The summed E-state index contributed by atoms with van der Waals surface area (Å²) in [5, 5.41) is 3.46. The highest BCUT2D eigenvalue weighted by Crippen LogP contribution is 2.29. The summed E-state index contributed by atoms with van der Waals surface area (Å²) in [6.07, 6.45) is 0.888. The average Bonchev–Trinajstić information content (AvgIpc) is 3.01. The minimum atomic E-state index is -0.529. The van der Waals surface area contributed by atoms with Crippen LogP contribution in [0.5, 0.6) is 5.75 Å². The molecule has 2 aromatic rings. The molecule has 0 spiro atoms. The number of thiazole rings is 1. The van der Waals surface area contributed by atoms with E-state index < -0.39 is 5.97 Å². The van der Waals surface area contributed by atoms with Gasteiger partial charge in [-0.2, -0.15) is 0 Å². The van der Waals surface area contributed by atoms with E-state index in [2.05, 4.69) is 24.1 Å². The van der Waals surface area contributed by atoms with E-state index in [9.17, 15) is 9.59 Å². The molecule has 1 N–H and O–H groups in total. The van der Waals surface area contributed by atoms with Gasteiger partial charge in [-0.15, -0.1) is 11.3 Å². The number of benzene rings is 1. The van der Waals surface area contributed by atoms with Gasteiger partial charge in [0.25, 0.3) is 5.91 Å². The fourth-order valence-corrected chi connectivity index (χ4v) is 3.16. The maximum absolute atomic E-state index is 12.2. The van der Waals surface area contributed by atoms with Crippen molar-refractivity contribution in [1.29, 1.82) is 0 Å². The number of amides is 1. The second kappa shape index (κ2) is 9.33. The zero-order valence-corrected chi connectivity index (χ0v) is 16.3. The number of rotatable bonds is 8. The number of methoxy groups -OCH3 is 1. The molecule has 0 unspecified atom stereocenters. The van der Waals surface area contributed by atoms with Gasteiger partial charge in [0.05, 0.1) is 12.8 Å². The number of esters is 1. The Morgan fingerprint density at radius 1 is 1.23 bits per heavy atom. The van der Waals surface area contributed by atoms with E-state index >= 15 is 0 Å². The smallest absolute Gasteiger partial charge is 0.350 e. The van der Waals surface area contributed by atoms with Crippen LogP contribution >= 0.6 is 11.3 Å². The van der Waals surface area contributed by atoms with Crippen molar-refractivity contribution in [2.24, 2.45) is 5.92 Å². The molecule has 0 bridgehead atoms. The summed E-state index contributed by atoms with van der Waals surface area (Å²) in [5.74, 6) is 0.439. The van der Waals surface area contributed by atoms with Crippen LogP contribution in [-0.2, 0) is 9.53 Å². The second-order valence-electron chi connectivity index (χ2n) is 6.27. The lowest BCUT2D eigenvalue weighted by Crippen LogP contribution is -2.30. The Hall–Kier alpha value is -2.41. The molecule has 6 nitrogen and oxygen atoms in total. The third-order valence-corrected chi connectivity index (χ3v) is 4.88. The van der Waals surface area contributed by atoms with Crippen molar-refractivity contribution in [3.8, 4) is 16.3 Å². The Labute approximate surface area is 157 Å². The Balaban J connectivity index is 1.95. The van der Waals surface area contributed by atoms with E-state index in [0.717, 1.165) is 22.7 Å². The van der Waals surface area contributed by atoms with Gasteiger partial charge in [-0.25, -0.2) is 9.78 Å². The standard InChI is InChI=1S/C19H24N2O4S/c1-12(2)9-10-20-16(22)11-25-19(23)17-13(3)21-18(26-17)14-5-7-15(24-4)8-6-14/h5-8,12H,9-11H2,1-4H3,(H,20,22). The summed E-state index contributed by atoms with van der Waals surface area (Å²) in [7, 11) is 1.61. The normalized spacial score (nSPS) is 10.7. The van der Waals surface area contributed by atoms with Crippen LogP contribution < -0.4 is 10.1 Å². The van der Waals surface area contributed by atoms with Crippen LogP contribution in [0.1, 0.15) is 35.6 Å². The van der Waals surface area contributed by atoms with Crippen LogP contribution in [0.25, 0.3) is 10.6 Å². The molecule has 1 aromatic carbocycles. The first kappa shape index (κ1) is 19.9. The van der Waals surface area contributed by atoms with Gasteiger partial charge in [0.2, 0.25) is 0 Å². The largest absolute Gasteiger partial charge is 0.497 e. The first-order valence-corrected chi connectivity index (χ1v) is 9.28. The molecule has 0 saturated heterocycles. The predicted molar refractivity (Wildman–Crippen MR) is 102 cm³/mol. The fraction of sp³-hybridized carbons (Fsp3) is 0.421. The SMILES string of the molecule is COc1ccc(-c2nc(C)c(C(=O)OCC(=O)NCCC(C)C)s2)cc1. The summed E-state index contributed by atoms with van der Waals surface area (Å²) in [5.41, 5.74) is 1.48. The summed E-state index contributed by atoms with van der Waals surface area (Å²) in [6, 6.07) is 7.44. The summed E-state index contributed by atoms with van der Waals surface area (Å²) in [4.78, 5) is 28.8. The molecule has 0 aliphatic rings. The number of hydrogen-bond donors (Lipinski definition) is 1. The first-order chi connectivity index (χ1) is 12.4. The summed E-state index contributed by atoms with van der Waals surface area (Å²) < 4.78 is 10.3. The summed E-state index contributed by atoms with van der Waals surface area (Å²) >= 11 is 1.25. The van der Waals surface area contributed by atoms with E-state index in [-0.39, 0.29) is 12.5 Å². The topological polar surface area (TPSA) is 77.5 Å². The van der Waals surface area contributed by atoms with Crippen molar-refractivity contribution < 1.29 is 19.1 Å². The monoisotopic (exact) mass is 376 g/mol. The van der Waals surface area contributed by atoms with Crippen LogP contribution in [0.4, 0.5) is 0 Å². The van der Waals surface area contributed by atoms with Crippen molar-refractivity contribution in [2.45, 2.75) is 27.2 Å². The van der Waals surface area contributed by atoms with Gasteiger partial charge in [-0.3, -0.25) is 4.79 Å². The number of ether oxygens (including phenoxy) is 2. The quantitative estimate of drug-likeness (QED) is 0.714. The lowest BCUT2D eigenvalue weighted by Gasteiger charge is -2.07. The number of nitrogens with zero attached hydrogens (tertiary/aromatic N) is 1. The number of aromatic nitrogens is 1. The van der Waals surface area contributed by atoms with Crippen LogP contribution in [0.15, 0.2) is 24.3 Å². The molecule has 0 saturated carbocycles. The van der Waals surface area contributed by atoms with E-state index in [4.69, 9.17) is 9.47 Å². The summed E-state index contributed by atoms with van der Waals surface area (Å²) in [6.45, 7) is 6.21. The van der Waals surface area contributed by atoms with Crippen molar-refractivity contribution in [1.82, 2.24) is 10.3 Å². The zero-order chi connectivity index (χ0) is 19.1. The molecule has 0 aliphatic heterocycles. The van der Waals surface area contributed by atoms with Crippen LogP contribution in [-0.4, -0.2) is 37.1 Å². The molecule has 140 valence electrons. The van der Waals surface area contributed by atoms with Crippen molar-refractivity contribution in [2.75, 3.05) is 20.3 Å². The minimum Gasteiger partial charge on any atom is -0.497 e. The van der Waals surface area contributed by atoms with Crippen LogP contribution in [0.3, 0.4) is 0 Å². The molecule has 1 amide bonds. The Morgan fingerprint density at radius 2 is 1.92 bits per heavy atom. The molecule has 0 atom stereocenters. The van der Waals surface area contributed by atoms with Gasteiger partial charge in [-0.1, -0.05) is 13.8 Å². The molecular weight excluding hydrogens is 352 g/mol. The van der Waals surface area contributed by atoms with Gasteiger partial charge in [0.1, 0.15) is 15.6 Å².